The molecule has 3 saturated heterocycles. The first-order valence-electron chi connectivity index (χ1n) is 34.3. The van der Waals surface area contributed by atoms with Crippen molar-refractivity contribution in [1.29, 1.82) is 0 Å². The Morgan fingerprint density at radius 1 is 0.657 bits per heavy atom. The minimum absolute atomic E-state index is 0.0286. The number of fused-ring (bicyclic) bond motifs is 1. The maximum atomic E-state index is 15.6. The monoisotopic (exact) mass is 1430 g/mol. The number of alkyl halides is 6. The van der Waals surface area contributed by atoms with Crippen LogP contribution in [0, 0.1) is 11.8 Å². The van der Waals surface area contributed by atoms with Crippen LogP contribution in [0.3, 0.4) is 0 Å². The zero-order valence-corrected chi connectivity index (χ0v) is 59.3. The van der Waals surface area contributed by atoms with E-state index < -0.39 is 193 Å². The SMILES string of the molecule is CCCOC[C@H]1C(=O)N(C)CC(=O)N[C@@H](CCc2ccc(C(F)(F)F)c(Cl)c2)C(=O)N2CCC[C@H]2C(=O)NC2(CCCC2)C(=O)N(C)[C@@H](C2CCCCC2)C(=O)N(C)[C@H](C(=O)N2CCCC2)CC(=O)N(C)[C@@H](CC(F)(F)F)C(=O)N[C@@H]([C@@H](C)CC)C(=O)N(C)CC(=O)N(C)CC(=O)N1C. The van der Waals surface area contributed by atoms with Gasteiger partial charge in [0.05, 0.1) is 49.7 Å². The minimum atomic E-state index is -5.10. The molecule has 5 aliphatic rings. The number of halogens is 7. The maximum absolute atomic E-state index is 15.6. The summed E-state index contributed by atoms with van der Waals surface area (Å²) < 4.78 is 91.4. The number of hydrogen-bond donors (Lipinski definition) is 3. The summed E-state index contributed by atoms with van der Waals surface area (Å²) in [5.41, 5.74) is -2.53. The molecule has 1 aromatic rings. The third kappa shape index (κ3) is 20.7. The first-order valence-corrected chi connectivity index (χ1v) is 34.6. The van der Waals surface area contributed by atoms with Crippen LogP contribution in [0.25, 0.3) is 0 Å². The Hall–Kier alpha value is -7.31. The normalized spacial score (nSPS) is 26.0. The second-order valence-electron chi connectivity index (χ2n) is 27.3. The van der Waals surface area contributed by atoms with Crippen molar-refractivity contribution in [2.45, 2.75) is 203 Å². The van der Waals surface area contributed by atoms with Crippen molar-refractivity contribution < 1.29 is 88.6 Å². The fourth-order valence-corrected chi connectivity index (χ4v) is 14.2. The number of hydrogen-bond acceptors (Lipinski definition) is 13. The molecule has 8 atom stereocenters. The van der Waals surface area contributed by atoms with Crippen LogP contribution >= 0.6 is 11.6 Å². The van der Waals surface area contributed by atoms with Gasteiger partial charge in [0.15, 0.2) is 0 Å². The Labute approximate surface area is 580 Å². The van der Waals surface area contributed by atoms with Gasteiger partial charge in [-0.3, -0.25) is 57.5 Å². The van der Waals surface area contributed by atoms with Crippen LogP contribution in [0.5, 0.6) is 0 Å². The fourth-order valence-electron chi connectivity index (χ4n) is 13.9. The number of likely N-dealkylation sites (tertiary alicyclic amines) is 1. The van der Waals surface area contributed by atoms with Crippen molar-refractivity contribution in [3.63, 3.8) is 0 Å². The molecule has 2 saturated carbocycles. The minimum Gasteiger partial charge on any atom is -0.379 e. The summed E-state index contributed by atoms with van der Waals surface area (Å²) >= 11 is 6.11. The Balaban J connectivity index is 1.44. The van der Waals surface area contributed by atoms with Gasteiger partial charge in [-0.25, -0.2) is 0 Å². The van der Waals surface area contributed by atoms with E-state index in [4.69, 9.17) is 16.3 Å². The summed E-state index contributed by atoms with van der Waals surface area (Å²) in [6.07, 6.45) is -7.01. The van der Waals surface area contributed by atoms with Crippen LogP contribution in [0.2, 0.25) is 5.02 Å². The molecule has 6 rings (SSSR count). The lowest BCUT2D eigenvalue weighted by Gasteiger charge is -2.43. The zero-order chi connectivity index (χ0) is 73.6. The van der Waals surface area contributed by atoms with Crippen LogP contribution in [0.4, 0.5) is 26.3 Å². The van der Waals surface area contributed by atoms with Crippen molar-refractivity contribution in [3.8, 4) is 0 Å². The summed E-state index contributed by atoms with van der Waals surface area (Å²) in [6.45, 7) is 2.91. The Morgan fingerprint density at radius 2 is 1.27 bits per heavy atom. The fraction of sp³-hybridized carbons (Fsp3) is 0.731. The third-order valence-corrected chi connectivity index (χ3v) is 20.5. The van der Waals surface area contributed by atoms with E-state index >= 15 is 19.2 Å². The highest BCUT2D eigenvalue weighted by Gasteiger charge is 2.52. The summed E-state index contributed by atoms with van der Waals surface area (Å²) in [7, 11) is 8.52. The van der Waals surface area contributed by atoms with E-state index in [-0.39, 0.29) is 76.8 Å². The summed E-state index contributed by atoms with van der Waals surface area (Å²) in [6, 6.07) is -8.13. The largest absolute Gasteiger partial charge is 0.417 e. The van der Waals surface area contributed by atoms with Crippen molar-refractivity contribution in [1.82, 2.24) is 60.0 Å². The highest BCUT2D eigenvalue weighted by Crippen LogP contribution is 2.38. The van der Waals surface area contributed by atoms with Crippen LogP contribution in [0.1, 0.15) is 147 Å². The molecule has 99 heavy (non-hydrogen) atoms. The zero-order valence-electron chi connectivity index (χ0n) is 58.5. The van der Waals surface area contributed by atoms with Gasteiger partial charge < -0.3 is 64.8 Å². The topological polar surface area (TPSA) is 279 Å². The van der Waals surface area contributed by atoms with Crippen LogP contribution in [-0.4, -0.2) is 271 Å². The number of benzene rings is 1. The molecule has 0 unspecified atom stereocenters. The lowest BCUT2D eigenvalue weighted by atomic mass is 9.81. The molecule has 12 amide bonds. The van der Waals surface area contributed by atoms with Gasteiger partial charge >= 0.3 is 12.4 Å². The van der Waals surface area contributed by atoms with E-state index in [0.717, 1.165) is 50.1 Å². The molecular formula is C67H99ClF6N12O13. The number of amides is 12. The van der Waals surface area contributed by atoms with Crippen LogP contribution in [-0.2, 0) is 74.9 Å². The molecule has 5 fully saturated rings. The Kier molecular flexibility index (Phi) is 28.8. The predicted molar refractivity (Wildman–Crippen MR) is 350 cm³/mol. The van der Waals surface area contributed by atoms with Gasteiger partial charge in [0.25, 0.3) is 0 Å². The first kappa shape index (κ1) is 80.7. The number of rotatable bonds is 12. The molecule has 1 spiro atoms. The second-order valence-corrected chi connectivity index (χ2v) is 27.8. The number of nitrogens with one attached hydrogen (secondary N) is 3. The number of likely N-dealkylation sites (N-methyl/N-ethyl adjacent to an activating group) is 7. The average Bonchev–Trinajstić information content (AvgIpc) is 1.75. The van der Waals surface area contributed by atoms with Gasteiger partial charge in [0, 0.05) is 75.6 Å². The van der Waals surface area contributed by atoms with Gasteiger partial charge in [-0.2, -0.15) is 26.3 Å². The number of ether oxygens (including phenoxy) is 1. The third-order valence-electron chi connectivity index (χ3n) is 20.2. The Bertz CT molecular complexity index is 3090. The lowest BCUT2D eigenvalue weighted by molar-refractivity contribution is -0.163. The van der Waals surface area contributed by atoms with E-state index in [1.807, 2.05) is 0 Å². The van der Waals surface area contributed by atoms with Gasteiger partial charge in [0.1, 0.15) is 47.8 Å². The van der Waals surface area contributed by atoms with E-state index in [1.54, 1.807) is 13.8 Å². The molecule has 0 aromatic heterocycles. The second kappa shape index (κ2) is 35.3. The molecule has 0 radical (unpaired) electrons. The lowest BCUT2D eigenvalue weighted by Crippen LogP contribution is -2.65. The highest BCUT2D eigenvalue weighted by atomic mass is 35.5. The molecule has 32 heteroatoms. The number of carbonyl (C=O) groups is 12. The standard InChI is InChI=1S/C67H99ClF6N12O13/c1-11-33-99-40-50-60(94)79(5)37-51(87)75-46(27-25-42-24-26-44(45(68)34-42)67(72,73)74)59(93)86-32-20-23-47(86)58(92)77-65(28-16-17-29-65)64(98)84(10)56(43-21-14-13-15-22-43)63(97)83(9)48(61(95)85-30-18-19-31-85)35-52(88)81(7)49(36-66(69,70)71)57(91)76-55(41(3)12-2)62(96)80(6)38-53(89)78(4)39-54(90)82(50)8/h24,26,34,41,43,46-50,55-56H,11-23,25,27-33,35-40H2,1-10H3,(H,75,87)(H,76,91)(H,77,92)/t41-,46-,47-,48-,49-,50-,55-,56-/m0/s1. The van der Waals surface area contributed by atoms with E-state index in [0.29, 0.717) is 62.7 Å². The average molecular weight is 1430 g/mol. The molecule has 1 aromatic carbocycles. The van der Waals surface area contributed by atoms with Crippen molar-refractivity contribution >= 4 is 82.5 Å². The van der Waals surface area contributed by atoms with Crippen LogP contribution < -0.4 is 16.0 Å². The van der Waals surface area contributed by atoms with Gasteiger partial charge in [-0.15, -0.1) is 0 Å². The van der Waals surface area contributed by atoms with Gasteiger partial charge in [-0.05, 0) is 100 Å². The van der Waals surface area contributed by atoms with Gasteiger partial charge in [0.2, 0.25) is 70.9 Å². The Morgan fingerprint density at radius 3 is 1.87 bits per heavy atom. The maximum Gasteiger partial charge on any atom is 0.417 e. The molecule has 3 aliphatic heterocycles. The van der Waals surface area contributed by atoms with Crippen molar-refractivity contribution in [3.05, 3.63) is 34.3 Å². The molecule has 3 heterocycles. The molecule has 3 N–H and O–H groups in total. The quantitative estimate of drug-likeness (QED) is 0.194. The van der Waals surface area contributed by atoms with Crippen molar-refractivity contribution in [2.24, 2.45) is 11.8 Å². The van der Waals surface area contributed by atoms with Gasteiger partial charge in [-0.1, -0.05) is 77.0 Å². The number of nitrogens with zero attached hydrogens (tertiary/aromatic N) is 9. The van der Waals surface area contributed by atoms with E-state index in [2.05, 4.69) is 16.0 Å². The molecule has 0 bridgehead atoms. The van der Waals surface area contributed by atoms with Crippen molar-refractivity contribution in [2.75, 3.05) is 102 Å². The predicted octanol–water partition coefficient (Wildman–Crippen LogP) is 4.40. The molecule has 2 aliphatic carbocycles. The van der Waals surface area contributed by atoms with Crippen LogP contribution in [0.15, 0.2) is 18.2 Å². The summed E-state index contributed by atoms with van der Waals surface area (Å²) in [5, 5.41) is 7.44. The smallest absolute Gasteiger partial charge is 0.379 e. The molecule has 554 valence electrons. The first-order chi connectivity index (χ1) is 46.5. The van der Waals surface area contributed by atoms with E-state index in [9.17, 15) is 64.7 Å². The number of carbonyl (C=O) groups excluding carboxylic acids is 12. The molecular weight excluding hydrogens is 1330 g/mol. The molecule has 25 nitrogen and oxygen atoms in total. The number of aryl methyl sites for hydroxylation is 1. The van der Waals surface area contributed by atoms with E-state index in [1.165, 1.54) is 70.0 Å². The summed E-state index contributed by atoms with van der Waals surface area (Å²) in [4.78, 5) is 186. The highest BCUT2D eigenvalue weighted by molar-refractivity contribution is 6.31. The summed E-state index contributed by atoms with van der Waals surface area (Å²) in [5.74, 6) is -12.0.